The Hall–Kier alpha value is -0.610. The Morgan fingerprint density at radius 1 is 1.33 bits per heavy atom. The molecule has 0 aromatic heterocycles. The number of nitrogens with two attached hydrogens (primary N) is 1. The molecule has 0 aromatic carbocycles. The molecule has 0 unspecified atom stereocenters. The minimum Gasteiger partial charge on any atom is -0.383 e. The molecule has 0 saturated carbocycles. The number of carbonyl (C=O) groups excluding carboxylic acids is 1. The fourth-order valence-corrected chi connectivity index (χ4v) is 1.42. The average molecular weight is 216 g/mol. The number of carbonyl (C=O) groups is 1. The Morgan fingerprint density at radius 3 is 2.60 bits per heavy atom. The highest BCUT2D eigenvalue weighted by atomic mass is 16.5. The largest absolute Gasteiger partial charge is 0.383 e. The first-order valence-corrected chi connectivity index (χ1v) is 5.73. The van der Waals surface area contributed by atoms with E-state index in [2.05, 4.69) is 0 Å². The van der Waals surface area contributed by atoms with Crippen LogP contribution in [0.4, 0.5) is 0 Å². The van der Waals surface area contributed by atoms with Gasteiger partial charge in [-0.3, -0.25) is 4.79 Å². The second-order valence-electron chi connectivity index (χ2n) is 3.57. The molecule has 0 aromatic rings. The van der Waals surface area contributed by atoms with E-state index >= 15 is 0 Å². The van der Waals surface area contributed by atoms with Gasteiger partial charge >= 0.3 is 0 Å². The molecule has 4 nitrogen and oxygen atoms in total. The van der Waals surface area contributed by atoms with E-state index in [0.29, 0.717) is 19.6 Å². The highest BCUT2D eigenvalue weighted by molar-refractivity contribution is 5.76. The average Bonchev–Trinajstić information content (AvgIpc) is 2.25. The van der Waals surface area contributed by atoms with Crippen LogP contribution < -0.4 is 5.73 Å². The molecular formula is C11H24N2O2. The second kappa shape index (κ2) is 9.93. The molecule has 4 heteroatoms. The van der Waals surface area contributed by atoms with Gasteiger partial charge in [0.25, 0.3) is 0 Å². The summed E-state index contributed by atoms with van der Waals surface area (Å²) in [5.74, 6) is 0.228. The maximum absolute atomic E-state index is 11.7. The second-order valence-corrected chi connectivity index (χ2v) is 3.57. The lowest BCUT2D eigenvalue weighted by Crippen LogP contribution is -2.33. The Kier molecular flexibility index (Phi) is 9.52. The molecular weight excluding hydrogens is 192 g/mol. The van der Waals surface area contributed by atoms with Gasteiger partial charge in [-0.15, -0.1) is 0 Å². The Balaban J connectivity index is 3.63. The van der Waals surface area contributed by atoms with Gasteiger partial charge in [0, 0.05) is 26.6 Å². The van der Waals surface area contributed by atoms with Gasteiger partial charge in [-0.1, -0.05) is 6.42 Å². The number of likely N-dealkylation sites (N-methyl/N-ethyl adjacent to an activating group) is 1. The topological polar surface area (TPSA) is 55.6 Å². The van der Waals surface area contributed by atoms with E-state index in [0.717, 1.165) is 32.4 Å². The summed E-state index contributed by atoms with van der Waals surface area (Å²) in [6.45, 7) is 4.78. The van der Waals surface area contributed by atoms with E-state index in [1.807, 2.05) is 11.8 Å². The monoisotopic (exact) mass is 216 g/mol. The van der Waals surface area contributed by atoms with Crippen molar-refractivity contribution in [1.82, 2.24) is 4.90 Å². The number of methoxy groups -OCH3 is 1. The molecule has 0 fully saturated rings. The minimum absolute atomic E-state index is 0.228. The van der Waals surface area contributed by atoms with E-state index in [9.17, 15) is 4.79 Å². The van der Waals surface area contributed by atoms with Crippen LogP contribution in [0.1, 0.15) is 32.6 Å². The van der Waals surface area contributed by atoms with Crippen molar-refractivity contribution in [2.24, 2.45) is 5.73 Å². The molecule has 0 bridgehead atoms. The smallest absolute Gasteiger partial charge is 0.222 e. The van der Waals surface area contributed by atoms with Gasteiger partial charge < -0.3 is 15.4 Å². The third-order valence-corrected chi connectivity index (χ3v) is 2.39. The molecule has 0 saturated heterocycles. The molecule has 0 radical (unpaired) electrons. The van der Waals surface area contributed by atoms with Crippen LogP contribution in [0.2, 0.25) is 0 Å². The van der Waals surface area contributed by atoms with Gasteiger partial charge in [0.2, 0.25) is 5.91 Å². The Labute approximate surface area is 92.8 Å². The number of amides is 1. The third-order valence-electron chi connectivity index (χ3n) is 2.39. The summed E-state index contributed by atoms with van der Waals surface area (Å²) in [5.41, 5.74) is 5.39. The summed E-state index contributed by atoms with van der Waals surface area (Å²) < 4.78 is 4.96. The number of unbranched alkanes of at least 4 members (excludes halogenated alkanes) is 2. The van der Waals surface area contributed by atoms with Gasteiger partial charge in [-0.2, -0.15) is 0 Å². The normalized spacial score (nSPS) is 10.3. The van der Waals surface area contributed by atoms with E-state index in [4.69, 9.17) is 10.5 Å². The molecule has 0 atom stereocenters. The highest BCUT2D eigenvalue weighted by Gasteiger charge is 2.09. The summed E-state index contributed by atoms with van der Waals surface area (Å²) in [5, 5.41) is 0. The van der Waals surface area contributed by atoms with Crippen LogP contribution >= 0.6 is 0 Å². The zero-order valence-electron chi connectivity index (χ0n) is 10.00. The fourth-order valence-electron chi connectivity index (χ4n) is 1.42. The Bertz CT molecular complexity index is 163. The zero-order valence-corrected chi connectivity index (χ0v) is 10.00. The molecule has 0 aliphatic heterocycles. The van der Waals surface area contributed by atoms with Gasteiger partial charge in [0.1, 0.15) is 0 Å². The van der Waals surface area contributed by atoms with Gasteiger partial charge in [0.05, 0.1) is 6.61 Å². The van der Waals surface area contributed by atoms with Crippen LogP contribution in [0.25, 0.3) is 0 Å². The number of hydrogen-bond donors (Lipinski definition) is 1. The predicted octanol–water partition coefficient (Wildman–Crippen LogP) is 1.00. The van der Waals surface area contributed by atoms with Crippen molar-refractivity contribution in [3.63, 3.8) is 0 Å². The molecule has 0 aliphatic rings. The van der Waals surface area contributed by atoms with Crippen molar-refractivity contribution < 1.29 is 9.53 Å². The maximum atomic E-state index is 11.7. The molecule has 2 N–H and O–H groups in total. The Morgan fingerprint density at radius 2 is 2.07 bits per heavy atom. The minimum atomic E-state index is 0.228. The SMILES string of the molecule is CCN(CCOC)C(=O)CCCCCN. The third kappa shape index (κ3) is 7.33. The molecule has 90 valence electrons. The van der Waals surface area contributed by atoms with Crippen molar-refractivity contribution in [3.8, 4) is 0 Å². The van der Waals surface area contributed by atoms with Crippen molar-refractivity contribution in [2.75, 3.05) is 33.4 Å². The zero-order chi connectivity index (χ0) is 11.5. The predicted molar refractivity (Wildman–Crippen MR) is 61.7 cm³/mol. The maximum Gasteiger partial charge on any atom is 0.222 e. The van der Waals surface area contributed by atoms with Crippen LogP contribution in [-0.4, -0.2) is 44.2 Å². The van der Waals surface area contributed by atoms with E-state index in [-0.39, 0.29) is 5.91 Å². The van der Waals surface area contributed by atoms with E-state index in [1.165, 1.54) is 0 Å². The summed E-state index contributed by atoms with van der Waals surface area (Å²) in [6, 6.07) is 0. The molecule has 0 aliphatic carbocycles. The van der Waals surface area contributed by atoms with Crippen molar-refractivity contribution >= 4 is 5.91 Å². The lowest BCUT2D eigenvalue weighted by atomic mass is 10.2. The number of hydrogen-bond acceptors (Lipinski definition) is 3. The van der Waals surface area contributed by atoms with Crippen molar-refractivity contribution in [3.05, 3.63) is 0 Å². The lowest BCUT2D eigenvalue weighted by molar-refractivity contribution is -0.131. The standard InChI is InChI=1S/C11H24N2O2/c1-3-13(9-10-15-2)11(14)7-5-4-6-8-12/h3-10,12H2,1-2H3. The first kappa shape index (κ1) is 14.4. The lowest BCUT2D eigenvalue weighted by Gasteiger charge is -2.20. The number of rotatable bonds is 9. The van der Waals surface area contributed by atoms with Crippen LogP contribution in [0.5, 0.6) is 0 Å². The number of ether oxygens (including phenoxy) is 1. The van der Waals surface area contributed by atoms with Crippen LogP contribution in [0.15, 0.2) is 0 Å². The highest BCUT2D eigenvalue weighted by Crippen LogP contribution is 2.02. The van der Waals surface area contributed by atoms with Gasteiger partial charge in [0.15, 0.2) is 0 Å². The van der Waals surface area contributed by atoms with Crippen LogP contribution in [0.3, 0.4) is 0 Å². The van der Waals surface area contributed by atoms with Crippen molar-refractivity contribution in [2.45, 2.75) is 32.6 Å². The van der Waals surface area contributed by atoms with E-state index in [1.54, 1.807) is 7.11 Å². The molecule has 1 amide bonds. The first-order valence-electron chi connectivity index (χ1n) is 5.73. The van der Waals surface area contributed by atoms with E-state index < -0.39 is 0 Å². The molecule has 15 heavy (non-hydrogen) atoms. The molecule has 0 heterocycles. The van der Waals surface area contributed by atoms with Crippen molar-refractivity contribution in [1.29, 1.82) is 0 Å². The summed E-state index contributed by atoms with van der Waals surface area (Å²) in [4.78, 5) is 13.5. The summed E-state index contributed by atoms with van der Waals surface area (Å²) >= 11 is 0. The quantitative estimate of drug-likeness (QED) is 0.585. The summed E-state index contributed by atoms with van der Waals surface area (Å²) in [7, 11) is 1.65. The number of nitrogens with zero attached hydrogens (tertiary/aromatic N) is 1. The summed E-state index contributed by atoms with van der Waals surface area (Å²) in [6.07, 6.45) is 3.64. The van der Waals surface area contributed by atoms with Gasteiger partial charge in [-0.05, 0) is 26.3 Å². The van der Waals surface area contributed by atoms with Gasteiger partial charge in [-0.25, -0.2) is 0 Å². The fraction of sp³-hybridized carbons (Fsp3) is 0.909. The molecule has 0 rings (SSSR count). The van der Waals surface area contributed by atoms with Crippen LogP contribution in [-0.2, 0) is 9.53 Å². The first-order chi connectivity index (χ1) is 7.26. The van der Waals surface area contributed by atoms with Crippen LogP contribution in [0, 0.1) is 0 Å². The molecule has 0 spiro atoms.